The Bertz CT molecular complexity index is 4420. The molecule has 0 saturated carbocycles. The lowest BCUT2D eigenvalue weighted by atomic mass is 9.77. The van der Waals surface area contributed by atoms with Crippen molar-refractivity contribution in [3.05, 3.63) is 219 Å². The number of benzene rings is 11. The van der Waals surface area contributed by atoms with Gasteiger partial charge in [-0.3, -0.25) is 14.4 Å². The number of hydrogen-bond acceptors (Lipinski definition) is 7. The molecule has 0 atom stereocenters. The zero-order chi connectivity index (χ0) is 59.4. The second-order valence-corrected chi connectivity index (χ2v) is 24.8. The van der Waals surface area contributed by atoms with Crippen LogP contribution >= 0.6 is 0 Å². The Kier molecular flexibility index (Phi) is 13.6. The number of amides is 2. The predicted molar refractivity (Wildman–Crippen MR) is 345 cm³/mol. The Morgan fingerprint density at radius 3 is 0.894 bits per heavy atom. The van der Waals surface area contributed by atoms with Crippen molar-refractivity contribution in [2.24, 2.45) is 0 Å². The fourth-order valence-corrected chi connectivity index (χ4v) is 13.3. The third-order valence-electron chi connectivity index (χ3n) is 17.3. The lowest BCUT2D eigenvalue weighted by Crippen LogP contribution is -2.42. The molecular weight excluding hydrogens is 1050 g/mol. The summed E-state index contributed by atoms with van der Waals surface area (Å²) in [4.78, 5) is 49.9. The summed E-state index contributed by atoms with van der Waals surface area (Å²) in [6.45, 7) is 25.5. The van der Waals surface area contributed by atoms with E-state index in [1.165, 1.54) is 4.90 Å². The number of ketones is 1. The SMILES string of the molecule is CC(C)c1ccccc1Oc1cc2c3c(cc(Oc4ccccc4C(C)C)c4c5c(Oc6ccccc6C(C)C)cc6c7c(cc(Oc8ccccc8C(C)C)c(c1c34)c75)C(=O)c1ccccc1-6)C(=O)N(c1c(C(C)C)cccc1C(C)C)C2=O. The normalized spacial score (nSPS) is 13.2. The van der Waals surface area contributed by atoms with E-state index in [9.17, 15) is 0 Å². The van der Waals surface area contributed by atoms with E-state index in [4.69, 9.17) is 18.9 Å². The van der Waals surface area contributed by atoms with Gasteiger partial charge in [0.05, 0.1) is 16.8 Å². The summed E-state index contributed by atoms with van der Waals surface area (Å²) < 4.78 is 30.2. The smallest absolute Gasteiger partial charge is 0.266 e. The number of hydrogen-bond donors (Lipinski definition) is 0. The fourth-order valence-electron chi connectivity index (χ4n) is 13.3. The van der Waals surface area contributed by atoms with Gasteiger partial charge >= 0.3 is 0 Å². The molecule has 0 N–H and O–H groups in total. The van der Waals surface area contributed by atoms with Crippen LogP contribution in [-0.2, 0) is 0 Å². The molecule has 0 saturated heterocycles. The van der Waals surface area contributed by atoms with E-state index >= 15 is 14.4 Å². The van der Waals surface area contributed by atoms with Crippen LogP contribution in [0.4, 0.5) is 5.69 Å². The van der Waals surface area contributed by atoms with Crippen LogP contribution in [0.3, 0.4) is 0 Å². The van der Waals surface area contributed by atoms with Crippen LogP contribution in [-0.4, -0.2) is 17.6 Å². The Balaban J connectivity index is 1.31. The molecule has 0 aromatic heterocycles. The van der Waals surface area contributed by atoms with Crippen molar-refractivity contribution >= 4 is 66.4 Å². The fraction of sp³-hybridized carbons (Fsp3) is 0.234. The lowest BCUT2D eigenvalue weighted by Gasteiger charge is -2.34. The van der Waals surface area contributed by atoms with Crippen molar-refractivity contribution < 1.29 is 33.3 Å². The van der Waals surface area contributed by atoms with Gasteiger partial charge in [-0.2, -0.15) is 0 Å². The molecule has 0 unspecified atom stereocenters. The maximum atomic E-state index is 16.4. The molecule has 11 aromatic rings. The molecular formula is C77H69NO7. The molecule has 1 heterocycles. The van der Waals surface area contributed by atoms with Crippen molar-refractivity contribution in [3.8, 4) is 57.1 Å². The maximum absolute atomic E-state index is 16.4. The summed E-state index contributed by atoms with van der Waals surface area (Å²) in [5, 5.41) is 4.74. The van der Waals surface area contributed by atoms with Crippen molar-refractivity contribution in [3.63, 3.8) is 0 Å². The lowest BCUT2D eigenvalue weighted by molar-refractivity contribution is 0.0891. The number of anilines is 1. The number of fused-ring (bicyclic) bond motifs is 4. The van der Waals surface area contributed by atoms with E-state index in [0.717, 1.165) is 44.5 Å². The Morgan fingerprint density at radius 2 is 0.541 bits per heavy atom. The van der Waals surface area contributed by atoms with Crippen LogP contribution < -0.4 is 23.8 Å². The second kappa shape index (κ2) is 21.1. The number of imide groups is 1. The first kappa shape index (κ1) is 54.9. The topological polar surface area (TPSA) is 91.4 Å². The summed E-state index contributed by atoms with van der Waals surface area (Å²) in [5.41, 5.74) is 9.36. The first-order valence-electron chi connectivity index (χ1n) is 30.0. The average molecular weight is 1120 g/mol. The highest BCUT2D eigenvalue weighted by molar-refractivity contribution is 6.47. The summed E-state index contributed by atoms with van der Waals surface area (Å²) in [6.07, 6.45) is 0. The minimum absolute atomic E-state index is 0.0418. The standard InChI is InChI=1S/C77H69NO7/c1-40(2)46-24-15-19-32-58(46)82-62-36-54-52-28-13-14-29-53(52)75(79)55-37-63(83-59-33-20-16-25-47(59)41(3)4)69-71-65(85-61-35-22-18-27-49(61)43(7)8)39-57-67-56(76(80)78(77(57)81)74-50(44(9)10)30-23-31-51(74)45(11)12)38-64(70(73(67)71)68(62)72(69)66(54)55)84-60-34-21-17-26-48(60)42(5)6/h13-45H,1-12H3. The molecule has 11 aromatic carbocycles. The first-order chi connectivity index (χ1) is 40.9. The van der Waals surface area contributed by atoms with Crippen molar-refractivity contribution in [2.45, 2.75) is 119 Å². The van der Waals surface area contributed by atoms with Gasteiger partial charge in [-0.05, 0) is 129 Å². The largest absolute Gasteiger partial charge is 0.456 e. The Morgan fingerprint density at radius 1 is 0.259 bits per heavy atom. The average Bonchev–Trinajstić information content (AvgIpc) is 0.930. The van der Waals surface area contributed by atoms with Crippen molar-refractivity contribution in [1.82, 2.24) is 0 Å². The molecule has 0 radical (unpaired) electrons. The zero-order valence-corrected chi connectivity index (χ0v) is 50.4. The van der Waals surface area contributed by atoms with Gasteiger partial charge in [0, 0.05) is 54.2 Å². The maximum Gasteiger partial charge on any atom is 0.266 e. The molecule has 13 rings (SSSR count). The quantitative estimate of drug-likeness (QED) is 0.0574. The predicted octanol–water partition coefficient (Wildman–Crippen LogP) is 21.7. The molecule has 2 amide bonds. The van der Waals surface area contributed by atoms with Gasteiger partial charge in [-0.25, -0.2) is 4.90 Å². The van der Waals surface area contributed by atoms with Gasteiger partial charge in [0.25, 0.3) is 11.8 Å². The number of ether oxygens (including phenoxy) is 4. The van der Waals surface area contributed by atoms with Crippen LogP contribution in [0.15, 0.2) is 164 Å². The van der Waals surface area contributed by atoms with E-state index in [0.29, 0.717) is 106 Å². The van der Waals surface area contributed by atoms with Crippen molar-refractivity contribution in [1.29, 1.82) is 0 Å². The molecule has 0 spiro atoms. The van der Waals surface area contributed by atoms with Gasteiger partial charge in [-0.1, -0.05) is 198 Å². The molecule has 424 valence electrons. The van der Waals surface area contributed by atoms with Gasteiger partial charge in [-0.15, -0.1) is 0 Å². The van der Waals surface area contributed by atoms with Gasteiger partial charge in [0.2, 0.25) is 0 Å². The number of carbonyl (C=O) groups excluding carboxylic acids is 3. The third-order valence-corrected chi connectivity index (χ3v) is 17.3. The summed E-state index contributed by atoms with van der Waals surface area (Å²) in [7, 11) is 0. The minimum Gasteiger partial charge on any atom is -0.456 e. The number of rotatable bonds is 15. The van der Waals surface area contributed by atoms with Crippen molar-refractivity contribution in [2.75, 3.05) is 4.90 Å². The molecule has 2 aliphatic rings. The third kappa shape index (κ3) is 8.82. The summed E-state index contributed by atoms with van der Waals surface area (Å²) >= 11 is 0. The van der Waals surface area contributed by atoms with E-state index in [-0.39, 0.29) is 52.4 Å². The number of carbonyl (C=O) groups is 3. The molecule has 1 aliphatic heterocycles. The molecule has 0 bridgehead atoms. The summed E-state index contributed by atoms with van der Waals surface area (Å²) in [6, 6.07) is 53.6. The van der Waals surface area contributed by atoms with E-state index in [1.807, 2.05) is 133 Å². The monoisotopic (exact) mass is 1120 g/mol. The highest BCUT2D eigenvalue weighted by Crippen LogP contribution is 2.60. The van der Waals surface area contributed by atoms with Crippen LogP contribution in [0.5, 0.6) is 46.0 Å². The second-order valence-electron chi connectivity index (χ2n) is 24.8. The van der Waals surface area contributed by atoms with E-state index in [2.05, 4.69) is 113 Å². The van der Waals surface area contributed by atoms with Gasteiger partial charge in [0.15, 0.2) is 5.78 Å². The zero-order valence-electron chi connectivity index (χ0n) is 50.4. The molecule has 85 heavy (non-hydrogen) atoms. The number of para-hydroxylation sites is 5. The highest BCUT2D eigenvalue weighted by atomic mass is 16.5. The van der Waals surface area contributed by atoms with E-state index < -0.39 is 11.8 Å². The summed E-state index contributed by atoms with van der Waals surface area (Å²) in [5.74, 6) is 3.10. The molecule has 8 heteroatoms. The van der Waals surface area contributed by atoms with Gasteiger partial charge < -0.3 is 18.9 Å². The highest BCUT2D eigenvalue weighted by Gasteiger charge is 2.42. The Hall–Kier alpha value is -9.27. The Labute approximate surface area is 497 Å². The van der Waals surface area contributed by atoms with Gasteiger partial charge in [0.1, 0.15) is 46.0 Å². The van der Waals surface area contributed by atoms with E-state index in [1.54, 1.807) is 0 Å². The number of nitrogens with zero attached hydrogens (tertiary/aromatic N) is 1. The van der Waals surface area contributed by atoms with Crippen LogP contribution in [0, 0.1) is 0 Å². The first-order valence-corrected chi connectivity index (χ1v) is 30.0. The van der Waals surface area contributed by atoms with Crippen LogP contribution in [0.2, 0.25) is 0 Å². The molecule has 8 nitrogen and oxygen atoms in total. The molecule has 1 aliphatic carbocycles. The van der Waals surface area contributed by atoms with Crippen LogP contribution in [0.25, 0.3) is 54.2 Å². The molecule has 0 fully saturated rings. The van der Waals surface area contributed by atoms with Crippen LogP contribution in [0.1, 0.15) is 189 Å². The minimum atomic E-state index is -0.478.